The summed E-state index contributed by atoms with van der Waals surface area (Å²) in [5.74, 6) is 1.90. The van der Waals surface area contributed by atoms with Crippen LogP contribution >= 0.6 is 39.9 Å². The standard InChI is InChI=1S/C20H25BrN6.HI/c1-3-22-20(26(2)15-16-9-11-17(21)12-10-16)23-13-6-8-19-25-24-18-7-4-5-14-27(18)19;/h4-5,7,9-12,14H,3,6,8,13,15H2,1-2H3,(H,22,23);1H. The second-order valence-electron chi connectivity index (χ2n) is 6.37. The molecule has 1 N–H and O–H groups in total. The fourth-order valence-electron chi connectivity index (χ4n) is 2.89. The van der Waals surface area contributed by atoms with E-state index in [4.69, 9.17) is 4.99 Å². The van der Waals surface area contributed by atoms with Crippen molar-refractivity contribution in [1.29, 1.82) is 0 Å². The lowest BCUT2D eigenvalue weighted by atomic mass is 10.2. The average molecular weight is 557 g/mol. The van der Waals surface area contributed by atoms with E-state index in [0.717, 1.165) is 54.4 Å². The van der Waals surface area contributed by atoms with Gasteiger partial charge in [0.2, 0.25) is 0 Å². The number of hydrogen-bond acceptors (Lipinski definition) is 3. The van der Waals surface area contributed by atoms with Gasteiger partial charge in [0.15, 0.2) is 11.6 Å². The molecule has 0 unspecified atom stereocenters. The molecular formula is C20H26BrIN6. The van der Waals surface area contributed by atoms with Crippen LogP contribution < -0.4 is 5.32 Å². The van der Waals surface area contributed by atoms with Crippen LogP contribution in [0.4, 0.5) is 0 Å². The first-order valence-electron chi connectivity index (χ1n) is 9.20. The molecule has 2 aromatic heterocycles. The van der Waals surface area contributed by atoms with E-state index in [2.05, 4.69) is 74.6 Å². The van der Waals surface area contributed by atoms with E-state index in [1.807, 2.05) is 28.8 Å². The van der Waals surface area contributed by atoms with Gasteiger partial charge in [-0.15, -0.1) is 34.2 Å². The predicted octanol–water partition coefficient (Wildman–Crippen LogP) is 4.14. The Hall–Kier alpha value is -1.68. The second-order valence-corrected chi connectivity index (χ2v) is 7.28. The van der Waals surface area contributed by atoms with E-state index >= 15 is 0 Å². The first-order chi connectivity index (χ1) is 13.2. The predicted molar refractivity (Wildman–Crippen MR) is 128 cm³/mol. The van der Waals surface area contributed by atoms with E-state index < -0.39 is 0 Å². The minimum absolute atomic E-state index is 0. The van der Waals surface area contributed by atoms with Gasteiger partial charge in [-0.05, 0) is 43.2 Å². The maximum atomic E-state index is 4.77. The molecule has 0 radical (unpaired) electrons. The molecule has 3 rings (SSSR count). The Morgan fingerprint density at radius 1 is 1.18 bits per heavy atom. The Labute approximate surface area is 191 Å². The molecule has 1 aromatic carbocycles. The summed E-state index contributed by atoms with van der Waals surface area (Å²) in [7, 11) is 2.07. The molecule has 0 spiro atoms. The smallest absolute Gasteiger partial charge is 0.193 e. The van der Waals surface area contributed by atoms with Crippen LogP contribution in [0.1, 0.15) is 24.7 Å². The van der Waals surface area contributed by atoms with Crippen LogP contribution in [0.15, 0.2) is 58.1 Å². The Balaban J connectivity index is 0.00000280. The summed E-state index contributed by atoms with van der Waals surface area (Å²) in [5, 5.41) is 11.8. The van der Waals surface area contributed by atoms with Crippen molar-refractivity contribution in [2.45, 2.75) is 26.3 Å². The Morgan fingerprint density at radius 3 is 2.71 bits per heavy atom. The van der Waals surface area contributed by atoms with Crippen LogP contribution in [0.3, 0.4) is 0 Å². The highest BCUT2D eigenvalue weighted by atomic mass is 127. The first-order valence-corrected chi connectivity index (χ1v) is 9.99. The number of hydrogen-bond donors (Lipinski definition) is 1. The lowest BCUT2D eigenvalue weighted by molar-refractivity contribution is 0.476. The number of aryl methyl sites for hydroxylation is 1. The lowest BCUT2D eigenvalue weighted by Crippen LogP contribution is -2.38. The van der Waals surface area contributed by atoms with Crippen LogP contribution in [0.25, 0.3) is 5.65 Å². The first kappa shape index (κ1) is 22.6. The number of aromatic nitrogens is 3. The van der Waals surface area contributed by atoms with Gasteiger partial charge in [-0.25, -0.2) is 0 Å². The monoisotopic (exact) mass is 556 g/mol. The maximum Gasteiger partial charge on any atom is 0.193 e. The third kappa shape index (κ3) is 6.16. The van der Waals surface area contributed by atoms with Crippen LogP contribution in [0.2, 0.25) is 0 Å². The molecule has 0 aliphatic rings. The molecule has 2 heterocycles. The van der Waals surface area contributed by atoms with Gasteiger partial charge in [-0.2, -0.15) is 0 Å². The van der Waals surface area contributed by atoms with Gasteiger partial charge in [0, 0.05) is 43.8 Å². The largest absolute Gasteiger partial charge is 0.357 e. The maximum absolute atomic E-state index is 4.77. The van der Waals surface area contributed by atoms with E-state index in [1.54, 1.807) is 0 Å². The number of benzene rings is 1. The molecule has 0 amide bonds. The van der Waals surface area contributed by atoms with Crippen molar-refractivity contribution in [2.24, 2.45) is 4.99 Å². The number of nitrogens with zero attached hydrogens (tertiary/aromatic N) is 5. The highest BCUT2D eigenvalue weighted by Gasteiger charge is 2.07. The number of nitrogens with one attached hydrogen (secondary N) is 1. The summed E-state index contributed by atoms with van der Waals surface area (Å²) in [5.41, 5.74) is 2.14. The van der Waals surface area contributed by atoms with Crippen LogP contribution in [0.5, 0.6) is 0 Å². The van der Waals surface area contributed by atoms with Crippen molar-refractivity contribution in [3.05, 3.63) is 64.5 Å². The van der Waals surface area contributed by atoms with Gasteiger partial charge in [0.05, 0.1) is 0 Å². The van der Waals surface area contributed by atoms with Crippen LogP contribution in [-0.4, -0.2) is 45.6 Å². The van der Waals surface area contributed by atoms with Crippen molar-refractivity contribution >= 4 is 51.5 Å². The third-order valence-corrected chi connectivity index (χ3v) is 4.76. The fourth-order valence-corrected chi connectivity index (χ4v) is 3.16. The number of guanidine groups is 1. The van der Waals surface area contributed by atoms with Crippen LogP contribution in [-0.2, 0) is 13.0 Å². The summed E-state index contributed by atoms with van der Waals surface area (Å²) in [6.45, 7) is 4.49. The quantitative estimate of drug-likeness (QED) is 0.206. The molecule has 0 atom stereocenters. The number of aliphatic imine (C=N–C) groups is 1. The van der Waals surface area contributed by atoms with Crippen molar-refractivity contribution in [3.63, 3.8) is 0 Å². The fraction of sp³-hybridized carbons (Fsp3) is 0.350. The Bertz CT molecular complexity index is 893. The highest BCUT2D eigenvalue weighted by Crippen LogP contribution is 2.12. The van der Waals surface area contributed by atoms with E-state index in [9.17, 15) is 0 Å². The topological polar surface area (TPSA) is 57.8 Å². The molecule has 6 nitrogen and oxygen atoms in total. The summed E-state index contributed by atoms with van der Waals surface area (Å²) in [6, 6.07) is 14.3. The van der Waals surface area contributed by atoms with Crippen LogP contribution in [0, 0.1) is 0 Å². The van der Waals surface area contributed by atoms with Gasteiger partial charge < -0.3 is 10.2 Å². The molecule has 3 aromatic rings. The number of fused-ring (bicyclic) bond motifs is 1. The molecule has 28 heavy (non-hydrogen) atoms. The number of rotatable bonds is 7. The zero-order chi connectivity index (χ0) is 19.1. The zero-order valence-electron chi connectivity index (χ0n) is 16.2. The third-order valence-electron chi connectivity index (χ3n) is 4.23. The lowest BCUT2D eigenvalue weighted by Gasteiger charge is -2.22. The molecule has 0 aliphatic carbocycles. The molecule has 0 saturated heterocycles. The molecule has 150 valence electrons. The van der Waals surface area contributed by atoms with Gasteiger partial charge in [0.1, 0.15) is 5.82 Å². The molecule has 0 saturated carbocycles. The van der Waals surface area contributed by atoms with E-state index in [1.165, 1.54) is 5.56 Å². The van der Waals surface area contributed by atoms with Gasteiger partial charge in [-0.3, -0.25) is 9.39 Å². The second kappa shape index (κ2) is 11.4. The van der Waals surface area contributed by atoms with Gasteiger partial charge in [-0.1, -0.05) is 34.1 Å². The summed E-state index contributed by atoms with van der Waals surface area (Å²) >= 11 is 3.48. The molecule has 8 heteroatoms. The van der Waals surface area contributed by atoms with Crippen molar-refractivity contribution in [1.82, 2.24) is 24.8 Å². The zero-order valence-corrected chi connectivity index (χ0v) is 20.1. The minimum atomic E-state index is 0. The normalized spacial score (nSPS) is 11.3. The van der Waals surface area contributed by atoms with E-state index in [0.29, 0.717) is 0 Å². The Kier molecular flexibility index (Phi) is 9.17. The molecular weight excluding hydrogens is 531 g/mol. The van der Waals surface area contributed by atoms with Crippen molar-refractivity contribution in [3.8, 4) is 0 Å². The SMILES string of the molecule is CCNC(=NCCCc1nnc2ccccn12)N(C)Cc1ccc(Br)cc1.I. The molecule has 0 aliphatic heterocycles. The molecule has 0 fully saturated rings. The summed E-state index contributed by atoms with van der Waals surface area (Å²) in [6.07, 6.45) is 3.78. The van der Waals surface area contributed by atoms with Crippen molar-refractivity contribution < 1.29 is 0 Å². The summed E-state index contributed by atoms with van der Waals surface area (Å²) < 4.78 is 3.13. The number of halogens is 2. The Morgan fingerprint density at radius 2 is 1.96 bits per heavy atom. The molecule has 0 bridgehead atoms. The highest BCUT2D eigenvalue weighted by molar-refractivity contribution is 14.0. The van der Waals surface area contributed by atoms with Crippen molar-refractivity contribution in [2.75, 3.05) is 20.1 Å². The van der Waals surface area contributed by atoms with E-state index in [-0.39, 0.29) is 24.0 Å². The van der Waals surface area contributed by atoms with Gasteiger partial charge >= 0.3 is 0 Å². The number of pyridine rings is 1. The average Bonchev–Trinajstić information content (AvgIpc) is 3.09. The minimum Gasteiger partial charge on any atom is -0.357 e. The summed E-state index contributed by atoms with van der Waals surface area (Å²) in [4.78, 5) is 6.92. The van der Waals surface area contributed by atoms with Gasteiger partial charge in [0.25, 0.3) is 0 Å².